The van der Waals surface area contributed by atoms with Crippen LogP contribution < -0.4 is 14.4 Å². The molecule has 11 nitrogen and oxygen atoms in total. The van der Waals surface area contributed by atoms with Crippen LogP contribution in [0.2, 0.25) is 10.0 Å². The molecule has 0 bridgehead atoms. The van der Waals surface area contributed by atoms with Crippen LogP contribution in [0.25, 0.3) is 32.9 Å². The van der Waals surface area contributed by atoms with Crippen molar-refractivity contribution in [2.24, 2.45) is 7.05 Å². The summed E-state index contributed by atoms with van der Waals surface area (Å²) in [7, 11) is 3.44. The van der Waals surface area contributed by atoms with Crippen molar-refractivity contribution < 1.29 is 24.2 Å². The average Bonchev–Trinajstić information content (AvgIpc) is 3.82. The molecular weight excluding hydrogens is 787 g/mol. The van der Waals surface area contributed by atoms with Gasteiger partial charge in [0.1, 0.15) is 17.2 Å². The zero-order chi connectivity index (χ0) is 42.0. The fourth-order valence-corrected chi connectivity index (χ4v) is 9.23. The quantitative estimate of drug-likeness (QED) is 0.129. The highest BCUT2D eigenvalue weighted by atomic mass is 35.5. The number of hydrogen-bond donors (Lipinski definition) is 1. The number of methoxy groups -OCH3 is 1. The molecule has 3 aromatic carbocycles. The Hall–Kier alpha value is -5.78. The number of aromatic carboxylic acids is 1. The molecule has 0 aliphatic carbocycles. The first kappa shape index (κ1) is 40.0. The highest BCUT2D eigenvalue weighted by Crippen LogP contribution is 2.46. The molecule has 1 aliphatic heterocycles. The summed E-state index contributed by atoms with van der Waals surface area (Å²) >= 11 is 13.6. The third-order valence-electron chi connectivity index (χ3n) is 11.5. The summed E-state index contributed by atoms with van der Waals surface area (Å²) in [6.07, 6.45) is 2.78. The zero-order valence-corrected chi connectivity index (χ0v) is 35.9. The maximum atomic E-state index is 15.5. The molecule has 59 heavy (non-hydrogen) atoms. The molecule has 1 aliphatic rings. The Morgan fingerprint density at radius 1 is 0.983 bits per heavy atom. The van der Waals surface area contributed by atoms with E-state index < -0.39 is 5.97 Å². The van der Waals surface area contributed by atoms with Gasteiger partial charge < -0.3 is 28.6 Å². The standard InChI is InChI=1S/C46H46Cl2N6O5/c1-24-19-31(20-25(2)41(24)48)59-18-10-13-32-33-14-15-35(47)40(38-28(5)50-51(7)29(38)6)42(33)54-27(4)21-53(45(55)43(32)54)36-16-17-37(58-8)39-34(46(56)57)23-52(44(36)39)22-30-12-9-11-26(3)49-30/h9,11-12,14-17,19-20,23,27H,10,13,18,21-22H2,1-8H3,(H,56,57). The minimum atomic E-state index is -1.10. The first-order valence-corrected chi connectivity index (χ1v) is 20.4. The lowest BCUT2D eigenvalue weighted by atomic mass is 9.98. The average molecular weight is 834 g/mol. The van der Waals surface area contributed by atoms with E-state index in [2.05, 4.69) is 11.5 Å². The number of anilines is 1. The van der Waals surface area contributed by atoms with E-state index >= 15 is 4.79 Å². The second-order valence-corrected chi connectivity index (χ2v) is 16.3. The second-order valence-electron chi connectivity index (χ2n) is 15.5. The van der Waals surface area contributed by atoms with Gasteiger partial charge in [-0.05, 0) is 114 Å². The number of benzene rings is 3. The van der Waals surface area contributed by atoms with Crippen molar-refractivity contribution in [3.8, 4) is 22.6 Å². The molecule has 0 spiro atoms. The maximum absolute atomic E-state index is 15.5. The Labute approximate surface area is 352 Å². The van der Waals surface area contributed by atoms with Crippen LogP contribution in [0.15, 0.2) is 60.8 Å². The summed E-state index contributed by atoms with van der Waals surface area (Å²) in [6, 6.07) is 16.9. The van der Waals surface area contributed by atoms with Crippen LogP contribution in [0.4, 0.5) is 5.69 Å². The zero-order valence-electron chi connectivity index (χ0n) is 34.4. The SMILES string of the molecule is COc1ccc(N2CC(C)n3c(c(CCCOc4cc(C)c(Cl)c(C)c4)c4ccc(Cl)c(-c5c(C)nn(C)c5C)c43)C2=O)c2c1c(C(=O)O)cn2Cc1cccc(C)n1. The Balaban J connectivity index is 1.30. The number of hydrogen-bond acceptors (Lipinski definition) is 6. The number of fused-ring (bicyclic) bond motifs is 4. The van der Waals surface area contributed by atoms with Gasteiger partial charge in [0, 0.05) is 58.8 Å². The topological polar surface area (TPSA) is 117 Å². The third kappa shape index (κ3) is 6.79. The van der Waals surface area contributed by atoms with Crippen LogP contribution in [-0.2, 0) is 20.0 Å². The molecule has 1 atom stereocenters. The van der Waals surface area contributed by atoms with Crippen LogP contribution in [0.5, 0.6) is 11.5 Å². The largest absolute Gasteiger partial charge is 0.496 e. The molecule has 4 aromatic heterocycles. The van der Waals surface area contributed by atoms with E-state index in [1.807, 2.05) is 99.4 Å². The van der Waals surface area contributed by atoms with Crippen LogP contribution in [0, 0.1) is 34.6 Å². The number of nitrogens with zero attached hydrogens (tertiary/aromatic N) is 6. The number of pyridine rings is 1. The molecule has 1 unspecified atom stereocenters. The fraction of sp³-hybridized carbons (Fsp3) is 0.304. The number of carboxylic acid groups (broad SMARTS) is 1. The molecule has 304 valence electrons. The summed E-state index contributed by atoms with van der Waals surface area (Å²) in [5, 5.41) is 17.8. The molecule has 0 fully saturated rings. The van der Waals surface area contributed by atoms with Crippen molar-refractivity contribution in [3.05, 3.63) is 122 Å². The number of ether oxygens (including phenoxy) is 2. The van der Waals surface area contributed by atoms with E-state index in [-0.39, 0.29) is 24.1 Å². The van der Waals surface area contributed by atoms with Gasteiger partial charge in [-0.25, -0.2) is 4.79 Å². The summed E-state index contributed by atoms with van der Waals surface area (Å²) in [4.78, 5) is 34.8. The lowest BCUT2D eigenvalue weighted by Gasteiger charge is -2.35. The van der Waals surface area contributed by atoms with Gasteiger partial charge in [0.2, 0.25) is 0 Å². The van der Waals surface area contributed by atoms with Crippen molar-refractivity contribution in [3.63, 3.8) is 0 Å². The monoisotopic (exact) mass is 832 g/mol. The number of aryl methyl sites for hydroxylation is 6. The van der Waals surface area contributed by atoms with Gasteiger partial charge >= 0.3 is 5.97 Å². The first-order chi connectivity index (χ1) is 28.2. The van der Waals surface area contributed by atoms with Gasteiger partial charge in [0.05, 0.1) is 64.3 Å². The lowest BCUT2D eigenvalue weighted by Crippen LogP contribution is -2.43. The van der Waals surface area contributed by atoms with E-state index in [1.165, 1.54) is 7.11 Å². The minimum Gasteiger partial charge on any atom is -0.496 e. The molecule has 0 saturated heterocycles. The predicted molar refractivity (Wildman–Crippen MR) is 233 cm³/mol. The summed E-state index contributed by atoms with van der Waals surface area (Å²) in [5.74, 6) is -0.157. The van der Waals surface area contributed by atoms with Crippen LogP contribution in [0.1, 0.15) is 79.7 Å². The first-order valence-electron chi connectivity index (χ1n) is 19.6. The molecule has 0 radical (unpaired) electrons. The van der Waals surface area contributed by atoms with Gasteiger partial charge in [-0.2, -0.15) is 5.10 Å². The molecule has 8 rings (SSSR count). The van der Waals surface area contributed by atoms with Crippen molar-refractivity contribution in [2.45, 2.75) is 67.0 Å². The highest BCUT2D eigenvalue weighted by Gasteiger charge is 2.38. The molecular formula is C46H46Cl2N6O5. The lowest BCUT2D eigenvalue weighted by molar-refractivity contribution is 0.0698. The summed E-state index contributed by atoms with van der Waals surface area (Å²) in [6.45, 7) is 13.0. The van der Waals surface area contributed by atoms with E-state index in [0.29, 0.717) is 59.0 Å². The van der Waals surface area contributed by atoms with E-state index in [0.717, 1.165) is 72.3 Å². The molecule has 1 N–H and O–H groups in total. The van der Waals surface area contributed by atoms with Crippen molar-refractivity contribution in [1.82, 2.24) is 23.9 Å². The van der Waals surface area contributed by atoms with Gasteiger partial charge in [0.15, 0.2) is 0 Å². The van der Waals surface area contributed by atoms with Crippen molar-refractivity contribution >= 4 is 62.6 Å². The highest BCUT2D eigenvalue weighted by molar-refractivity contribution is 6.35. The minimum absolute atomic E-state index is 0.0752. The number of aromatic nitrogens is 5. The maximum Gasteiger partial charge on any atom is 0.338 e. The number of amides is 1. The van der Waals surface area contributed by atoms with E-state index in [4.69, 9.17) is 42.8 Å². The molecule has 7 aromatic rings. The van der Waals surface area contributed by atoms with Crippen LogP contribution in [-0.4, -0.2) is 61.1 Å². The van der Waals surface area contributed by atoms with Gasteiger partial charge in [-0.15, -0.1) is 0 Å². The predicted octanol–water partition coefficient (Wildman–Crippen LogP) is 10.2. The fourth-order valence-electron chi connectivity index (χ4n) is 8.87. The molecule has 0 saturated carbocycles. The third-order valence-corrected chi connectivity index (χ3v) is 12.5. The summed E-state index contributed by atoms with van der Waals surface area (Å²) in [5.41, 5.74) is 10.6. The molecule has 13 heteroatoms. The number of carbonyl (C=O) groups is 2. The van der Waals surface area contributed by atoms with Gasteiger partial charge in [-0.3, -0.25) is 14.5 Å². The van der Waals surface area contributed by atoms with Crippen LogP contribution >= 0.6 is 23.2 Å². The molecule has 5 heterocycles. The summed E-state index contributed by atoms with van der Waals surface area (Å²) < 4.78 is 17.9. The second kappa shape index (κ2) is 15.4. The Morgan fingerprint density at radius 2 is 1.73 bits per heavy atom. The van der Waals surface area contributed by atoms with E-state index in [9.17, 15) is 9.90 Å². The van der Waals surface area contributed by atoms with Gasteiger partial charge in [-0.1, -0.05) is 35.3 Å². The van der Waals surface area contributed by atoms with E-state index in [1.54, 1.807) is 17.2 Å². The Bertz CT molecular complexity index is 2830. The normalized spacial score (nSPS) is 14.1. The number of carbonyl (C=O) groups excluding carboxylic acids is 1. The molecule has 1 amide bonds. The van der Waals surface area contributed by atoms with Crippen molar-refractivity contribution in [2.75, 3.05) is 25.2 Å². The Kier molecular flexibility index (Phi) is 10.5. The van der Waals surface area contributed by atoms with Gasteiger partial charge in [0.25, 0.3) is 5.91 Å². The number of halogens is 2. The number of carboxylic acids is 1. The number of rotatable bonds is 11. The smallest absolute Gasteiger partial charge is 0.338 e. The van der Waals surface area contributed by atoms with Crippen LogP contribution in [0.3, 0.4) is 0 Å². The van der Waals surface area contributed by atoms with Crippen molar-refractivity contribution in [1.29, 1.82) is 0 Å². The Morgan fingerprint density at radius 3 is 2.39 bits per heavy atom.